The number of hydrogen-bond acceptors (Lipinski definition) is 7. The Morgan fingerprint density at radius 3 is 2.27 bits per heavy atom. The van der Waals surface area contributed by atoms with E-state index in [4.69, 9.17) is 24.7 Å². The highest BCUT2D eigenvalue weighted by molar-refractivity contribution is 5.91. The molecule has 0 aromatic heterocycles. The zero-order valence-corrected chi connectivity index (χ0v) is 24.0. The minimum Gasteiger partial charge on any atom is -0.494 e. The van der Waals surface area contributed by atoms with Crippen molar-refractivity contribution in [3.63, 3.8) is 0 Å². The van der Waals surface area contributed by atoms with E-state index in [2.05, 4.69) is 26.8 Å². The molecule has 7 nitrogen and oxygen atoms in total. The van der Waals surface area contributed by atoms with Gasteiger partial charge in [-0.05, 0) is 60.4 Å². The minimum absolute atomic E-state index is 0.0258. The second-order valence-electron chi connectivity index (χ2n) is 10.6. The van der Waals surface area contributed by atoms with Gasteiger partial charge in [0.1, 0.15) is 34.6 Å². The molecule has 0 saturated heterocycles. The quantitative estimate of drug-likeness (QED) is 0.132. The van der Waals surface area contributed by atoms with Gasteiger partial charge in [-0.1, -0.05) is 64.7 Å². The molecule has 1 aliphatic heterocycles. The number of rotatable bonds is 13. The Kier molecular flexibility index (Phi) is 10.3. The van der Waals surface area contributed by atoms with Crippen LogP contribution in [0, 0.1) is 17.2 Å². The average Bonchev–Trinajstić information content (AvgIpc) is 2.97. The van der Waals surface area contributed by atoms with Gasteiger partial charge in [-0.25, -0.2) is 4.79 Å². The van der Waals surface area contributed by atoms with E-state index >= 15 is 0 Å². The second-order valence-corrected chi connectivity index (χ2v) is 10.6. The summed E-state index contributed by atoms with van der Waals surface area (Å²) in [6.45, 7) is 7.63. The molecule has 0 amide bonds. The van der Waals surface area contributed by atoms with Gasteiger partial charge in [0.05, 0.1) is 24.7 Å². The lowest BCUT2D eigenvalue weighted by Crippen LogP contribution is -2.21. The Hall–Kier alpha value is -4.44. The minimum atomic E-state index is -0.505. The SMILES string of the molecule is CCCCCCCOc1ccc(C2C(C#N)=C(N)Oc3cc(OC(=O)c4ccc(OCC(C)C)cc4)ccc32)cc1. The number of hydrogen-bond donors (Lipinski definition) is 1. The van der Waals surface area contributed by atoms with Crippen molar-refractivity contribution in [2.75, 3.05) is 13.2 Å². The fourth-order valence-corrected chi connectivity index (χ4v) is 4.61. The highest BCUT2D eigenvalue weighted by Crippen LogP contribution is 2.43. The van der Waals surface area contributed by atoms with Crippen LogP contribution in [0.2, 0.25) is 0 Å². The van der Waals surface area contributed by atoms with E-state index in [9.17, 15) is 10.1 Å². The van der Waals surface area contributed by atoms with Crippen LogP contribution in [0.4, 0.5) is 0 Å². The van der Waals surface area contributed by atoms with Gasteiger partial charge in [0, 0.05) is 11.6 Å². The first-order chi connectivity index (χ1) is 19.9. The lowest BCUT2D eigenvalue weighted by Gasteiger charge is -2.26. The smallest absolute Gasteiger partial charge is 0.343 e. The molecule has 1 atom stereocenters. The third-order valence-corrected chi connectivity index (χ3v) is 6.80. The summed E-state index contributed by atoms with van der Waals surface area (Å²) in [5.41, 5.74) is 8.53. The molecule has 1 aliphatic rings. The average molecular weight is 555 g/mol. The highest BCUT2D eigenvalue weighted by atomic mass is 16.5. The van der Waals surface area contributed by atoms with E-state index in [1.165, 1.54) is 19.3 Å². The second kappa shape index (κ2) is 14.3. The number of nitrogens with two attached hydrogens (primary N) is 1. The summed E-state index contributed by atoms with van der Waals surface area (Å²) in [7, 11) is 0. The van der Waals surface area contributed by atoms with E-state index in [1.54, 1.807) is 42.5 Å². The molecule has 4 rings (SSSR count). The van der Waals surface area contributed by atoms with Crippen molar-refractivity contribution in [2.45, 2.75) is 58.8 Å². The highest BCUT2D eigenvalue weighted by Gasteiger charge is 2.31. The van der Waals surface area contributed by atoms with Gasteiger partial charge in [-0.3, -0.25) is 0 Å². The normalized spacial score (nSPS) is 14.2. The standard InChI is InChI=1S/C34H38N2O5/c1-4-5-6-7-8-19-38-26-13-9-24(10-14-26)32-29-18-17-28(20-31(29)41-33(36)30(32)21-35)40-34(37)25-11-15-27(16-12-25)39-22-23(2)3/h9-18,20,23,32H,4-8,19,22,36H2,1-3H3. The van der Waals surface area contributed by atoms with E-state index in [-0.39, 0.29) is 5.88 Å². The first-order valence-electron chi connectivity index (χ1n) is 14.3. The van der Waals surface area contributed by atoms with Gasteiger partial charge in [-0.15, -0.1) is 0 Å². The van der Waals surface area contributed by atoms with Crippen LogP contribution in [-0.2, 0) is 0 Å². The first kappa shape index (κ1) is 29.5. The number of nitriles is 1. The van der Waals surface area contributed by atoms with Crippen molar-refractivity contribution >= 4 is 5.97 Å². The van der Waals surface area contributed by atoms with Crippen LogP contribution in [0.25, 0.3) is 0 Å². The molecule has 1 heterocycles. The predicted molar refractivity (Wildman–Crippen MR) is 158 cm³/mol. The Morgan fingerprint density at radius 1 is 0.927 bits per heavy atom. The van der Waals surface area contributed by atoms with E-state index in [0.717, 1.165) is 29.7 Å². The summed E-state index contributed by atoms with van der Waals surface area (Å²) in [4.78, 5) is 12.8. The maximum Gasteiger partial charge on any atom is 0.343 e. The van der Waals surface area contributed by atoms with Crippen molar-refractivity contribution in [1.29, 1.82) is 5.26 Å². The van der Waals surface area contributed by atoms with Crippen LogP contribution in [0.5, 0.6) is 23.0 Å². The van der Waals surface area contributed by atoms with Crippen LogP contribution in [0.15, 0.2) is 78.2 Å². The number of unbranched alkanes of at least 4 members (excludes halogenated alkanes) is 4. The molecule has 1 unspecified atom stereocenters. The molecular weight excluding hydrogens is 516 g/mol. The summed E-state index contributed by atoms with van der Waals surface area (Å²) in [5, 5.41) is 9.89. The Bertz CT molecular complexity index is 1390. The first-order valence-corrected chi connectivity index (χ1v) is 14.3. The van der Waals surface area contributed by atoms with Crippen molar-refractivity contribution in [3.05, 3.63) is 94.9 Å². The summed E-state index contributed by atoms with van der Waals surface area (Å²) >= 11 is 0. The maximum absolute atomic E-state index is 12.8. The number of benzene rings is 3. The molecule has 0 radical (unpaired) electrons. The third kappa shape index (κ3) is 7.82. The molecule has 3 aromatic rings. The number of ether oxygens (including phenoxy) is 4. The molecule has 0 saturated carbocycles. The summed E-state index contributed by atoms with van der Waals surface area (Å²) in [5.74, 6) is 1.73. The summed E-state index contributed by atoms with van der Waals surface area (Å²) in [6, 6.07) is 21.9. The largest absolute Gasteiger partial charge is 0.494 e. The van der Waals surface area contributed by atoms with E-state index in [0.29, 0.717) is 47.5 Å². The van der Waals surface area contributed by atoms with Crippen molar-refractivity contribution in [1.82, 2.24) is 0 Å². The van der Waals surface area contributed by atoms with Crippen LogP contribution in [-0.4, -0.2) is 19.2 Å². The van der Waals surface area contributed by atoms with Crippen molar-refractivity contribution in [2.24, 2.45) is 11.7 Å². The Balaban J connectivity index is 1.46. The third-order valence-electron chi connectivity index (χ3n) is 6.80. The van der Waals surface area contributed by atoms with Crippen LogP contribution < -0.4 is 24.7 Å². The van der Waals surface area contributed by atoms with Gasteiger partial charge in [-0.2, -0.15) is 5.26 Å². The number of allylic oxidation sites excluding steroid dienone is 1. The molecule has 0 aliphatic carbocycles. The van der Waals surface area contributed by atoms with Gasteiger partial charge in [0.15, 0.2) is 0 Å². The zero-order valence-electron chi connectivity index (χ0n) is 24.0. The predicted octanol–water partition coefficient (Wildman–Crippen LogP) is 7.51. The zero-order chi connectivity index (χ0) is 29.2. The summed E-state index contributed by atoms with van der Waals surface area (Å²) < 4.78 is 23.0. The number of nitrogens with zero attached hydrogens (tertiary/aromatic N) is 1. The molecule has 7 heteroatoms. The van der Waals surface area contributed by atoms with Crippen LogP contribution >= 0.6 is 0 Å². The lowest BCUT2D eigenvalue weighted by atomic mass is 9.83. The molecule has 41 heavy (non-hydrogen) atoms. The molecule has 3 aromatic carbocycles. The van der Waals surface area contributed by atoms with Gasteiger partial charge >= 0.3 is 5.97 Å². The molecule has 0 fully saturated rings. The topological polar surface area (TPSA) is 104 Å². The lowest BCUT2D eigenvalue weighted by molar-refractivity contribution is 0.0734. The molecule has 214 valence electrons. The van der Waals surface area contributed by atoms with E-state index in [1.807, 2.05) is 24.3 Å². The Morgan fingerprint density at radius 2 is 1.59 bits per heavy atom. The van der Waals surface area contributed by atoms with Crippen molar-refractivity contribution in [3.8, 4) is 29.1 Å². The van der Waals surface area contributed by atoms with Gasteiger partial charge in [0.2, 0.25) is 5.88 Å². The van der Waals surface area contributed by atoms with Crippen LogP contribution in [0.1, 0.15) is 80.3 Å². The number of carbonyl (C=O) groups is 1. The molecule has 2 N–H and O–H groups in total. The molecular formula is C34H38N2O5. The summed E-state index contributed by atoms with van der Waals surface area (Å²) in [6.07, 6.45) is 5.90. The fourth-order valence-electron chi connectivity index (χ4n) is 4.61. The number of carbonyl (C=O) groups excluding carboxylic acids is 1. The maximum atomic E-state index is 12.8. The number of esters is 1. The van der Waals surface area contributed by atoms with Crippen molar-refractivity contribution < 1.29 is 23.7 Å². The molecule has 0 spiro atoms. The number of fused-ring (bicyclic) bond motifs is 1. The van der Waals surface area contributed by atoms with Gasteiger partial charge < -0.3 is 24.7 Å². The van der Waals surface area contributed by atoms with Crippen LogP contribution in [0.3, 0.4) is 0 Å². The monoisotopic (exact) mass is 554 g/mol. The molecule has 0 bridgehead atoms. The van der Waals surface area contributed by atoms with Gasteiger partial charge in [0.25, 0.3) is 0 Å². The van der Waals surface area contributed by atoms with E-state index < -0.39 is 11.9 Å². The Labute approximate surface area is 242 Å². The fraction of sp³-hybridized carbons (Fsp3) is 0.353.